The lowest BCUT2D eigenvalue weighted by molar-refractivity contribution is 0.0599. The van der Waals surface area contributed by atoms with Gasteiger partial charge in [0.05, 0.1) is 18.6 Å². The normalized spacial score (nSPS) is 11.9. The second-order valence-electron chi connectivity index (χ2n) is 3.97. The number of carbonyl (C=O) groups excluding carboxylic acids is 1. The molecule has 1 aromatic rings. The fourth-order valence-corrected chi connectivity index (χ4v) is 3.11. The van der Waals surface area contributed by atoms with Gasteiger partial charge in [-0.1, -0.05) is 12.1 Å². The van der Waals surface area contributed by atoms with E-state index in [2.05, 4.69) is 4.74 Å². The van der Waals surface area contributed by atoms with Crippen LogP contribution in [0, 0.1) is 0 Å². The molecule has 10 heteroatoms. The van der Waals surface area contributed by atoms with E-state index in [-0.39, 0.29) is 17.7 Å². The lowest BCUT2D eigenvalue weighted by atomic mass is 10.2. The fourth-order valence-electron chi connectivity index (χ4n) is 1.41. The van der Waals surface area contributed by atoms with E-state index in [1.807, 2.05) is 0 Å². The highest BCUT2D eigenvalue weighted by molar-refractivity contribution is 7.87. The van der Waals surface area contributed by atoms with Crippen LogP contribution in [-0.2, 0) is 25.0 Å². The molecule has 118 valence electrons. The number of ether oxygens (including phenoxy) is 1. The molecule has 0 heterocycles. The third-order valence-corrected chi connectivity index (χ3v) is 4.33. The van der Waals surface area contributed by atoms with Crippen LogP contribution >= 0.6 is 0 Å². The van der Waals surface area contributed by atoms with E-state index in [4.69, 9.17) is 8.74 Å². The predicted molar refractivity (Wildman–Crippen MR) is 73.2 cm³/mol. The van der Waals surface area contributed by atoms with Gasteiger partial charge in [0.2, 0.25) is 0 Å². The summed E-state index contributed by atoms with van der Waals surface area (Å²) in [6.07, 6.45) is -0.332. The molecule has 0 aliphatic rings. The summed E-state index contributed by atoms with van der Waals surface area (Å²) in [5.41, 5.74) is -0.0710. The molecule has 1 rings (SSSR count). The van der Waals surface area contributed by atoms with E-state index in [0.29, 0.717) is 0 Å². The van der Waals surface area contributed by atoms with Crippen LogP contribution in [0.25, 0.3) is 0 Å². The minimum atomic E-state index is -4.24. The Hall–Kier alpha value is -1.65. The first-order valence-electron chi connectivity index (χ1n) is 5.69. The first kappa shape index (κ1) is 17.4. The number of esters is 1. The number of para-hydroxylation sites is 1. The summed E-state index contributed by atoms with van der Waals surface area (Å²) in [5.74, 6) is -2.30. The minimum Gasteiger partial charge on any atom is -0.465 e. The number of carbonyl (C=O) groups is 1. The molecule has 0 fully saturated rings. The summed E-state index contributed by atoms with van der Waals surface area (Å²) in [6.45, 7) is 0. The van der Waals surface area contributed by atoms with Crippen LogP contribution in [0.1, 0.15) is 16.8 Å². The van der Waals surface area contributed by atoms with Gasteiger partial charge in [0.25, 0.3) is 10.1 Å². The van der Waals surface area contributed by atoms with Crippen LogP contribution < -0.4 is 4.18 Å². The van der Waals surface area contributed by atoms with Gasteiger partial charge in [-0.2, -0.15) is 16.8 Å². The maximum Gasteiger partial charge on any atom is 0.341 e. The van der Waals surface area contributed by atoms with Crippen molar-refractivity contribution in [1.29, 1.82) is 0 Å². The standard InChI is InChI=1S/C11H14O8S2/c1-18-11(12)9-5-2-3-6-10(9)19-21(16,17)8-4-7-20(13,14)15/h2-3,5-6H,4,7-8H2,1H3,(H,13,14,15). The molecule has 0 aromatic heterocycles. The Morgan fingerprint density at radius 2 is 1.76 bits per heavy atom. The van der Waals surface area contributed by atoms with E-state index >= 15 is 0 Å². The molecule has 0 radical (unpaired) electrons. The van der Waals surface area contributed by atoms with E-state index in [1.165, 1.54) is 24.3 Å². The van der Waals surface area contributed by atoms with Crippen molar-refractivity contribution >= 4 is 26.2 Å². The molecule has 0 atom stereocenters. The first-order valence-corrected chi connectivity index (χ1v) is 8.88. The van der Waals surface area contributed by atoms with Gasteiger partial charge in [-0.25, -0.2) is 4.79 Å². The molecule has 0 bridgehead atoms. The molecule has 1 N–H and O–H groups in total. The third kappa shape index (κ3) is 6.10. The van der Waals surface area contributed by atoms with Gasteiger partial charge >= 0.3 is 16.1 Å². The zero-order valence-electron chi connectivity index (χ0n) is 11.1. The molecule has 0 saturated carbocycles. The van der Waals surface area contributed by atoms with Crippen molar-refractivity contribution in [3.05, 3.63) is 29.8 Å². The molecule has 0 aliphatic carbocycles. The maximum atomic E-state index is 11.7. The summed E-state index contributed by atoms with van der Waals surface area (Å²) in [6, 6.07) is 5.57. The minimum absolute atomic E-state index is 0.0710. The lowest BCUT2D eigenvalue weighted by Gasteiger charge is -2.09. The van der Waals surface area contributed by atoms with Crippen molar-refractivity contribution in [3.8, 4) is 5.75 Å². The van der Waals surface area contributed by atoms with Crippen molar-refractivity contribution < 1.29 is 35.1 Å². The average Bonchev–Trinajstić information content (AvgIpc) is 2.36. The zero-order valence-corrected chi connectivity index (χ0v) is 12.7. The summed E-state index contributed by atoms with van der Waals surface area (Å²) in [7, 11) is -7.21. The second kappa shape index (κ2) is 6.87. The quantitative estimate of drug-likeness (QED) is 0.432. The molecular formula is C11H14O8S2. The molecular weight excluding hydrogens is 324 g/mol. The van der Waals surface area contributed by atoms with Crippen molar-refractivity contribution in [1.82, 2.24) is 0 Å². The van der Waals surface area contributed by atoms with Crippen molar-refractivity contribution in [2.45, 2.75) is 6.42 Å². The number of hydrogen-bond acceptors (Lipinski definition) is 7. The molecule has 0 aliphatic heterocycles. The van der Waals surface area contributed by atoms with Crippen LogP contribution in [-0.4, -0.2) is 46.0 Å². The average molecular weight is 338 g/mol. The van der Waals surface area contributed by atoms with E-state index in [1.54, 1.807) is 0 Å². The molecule has 1 aromatic carbocycles. The first-order chi connectivity index (χ1) is 9.64. The van der Waals surface area contributed by atoms with Gasteiger partial charge in [0.1, 0.15) is 5.56 Å². The smallest absolute Gasteiger partial charge is 0.341 e. The molecule has 0 spiro atoms. The van der Waals surface area contributed by atoms with E-state index in [9.17, 15) is 21.6 Å². The largest absolute Gasteiger partial charge is 0.465 e. The lowest BCUT2D eigenvalue weighted by Crippen LogP contribution is -2.18. The summed E-state index contributed by atoms with van der Waals surface area (Å²) >= 11 is 0. The van der Waals surface area contributed by atoms with E-state index in [0.717, 1.165) is 7.11 Å². The Labute approximate surface area is 122 Å². The SMILES string of the molecule is COC(=O)c1ccccc1OS(=O)(=O)CCCS(=O)(=O)O. The molecule has 0 amide bonds. The molecule has 0 unspecified atom stereocenters. The molecule has 21 heavy (non-hydrogen) atoms. The van der Waals surface area contributed by atoms with Gasteiger partial charge in [-0.15, -0.1) is 0 Å². The van der Waals surface area contributed by atoms with Gasteiger partial charge in [0, 0.05) is 0 Å². The van der Waals surface area contributed by atoms with Gasteiger partial charge in [-0.3, -0.25) is 4.55 Å². The highest BCUT2D eigenvalue weighted by atomic mass is 32.2. The Morgan fingerprint density at radius 3 is 2.33 bits per heavy atom. The van der Waals surface area contributed by atoms with E-state index < -0.39 is 37.7 Å². The number of benzene rings is 1. The topological polar surface area (TPSA) is 124 Å². The highest BCUT2D eigenvalue weighted by Crippen LogP contribution is 2.21. The number of rotatable bonds is 7. The molecule has 8 nitrogen and oxygen atoms in total. The Kier molecular flexibility index (Phi) is 5.70. The van der Waals surface area contributed by atoms with Crippen molar-refractivity contribution in [3.63, 3.8) is 0 Å². The monoisotopic (exact) mass is 338 g/mol. The van der Waals surface area contributed by atoms with Crippen LogP contribution in [0.2, 0.25) is 0 Å². The number of methoxy groups -OCH3 is 1. The summed E-state index contributed by atoms with van der Waals surface area (Å²) in [5, 5.41) is 0. The van der Waals surface area contributed by atoms with Crippen LogP contribution in [0.15, 0.2) is 24.3 Å². The van der Waals surface area contributed by atoms with Crippen LogP contribution in [0.3, 0.4) is 0 Å². The van der Waals surface area contributed by atoms with Crippen molar-refractivity contribution in [2.75, 3.05) is 18.6 Å². The maximum absolute atomic E-state index is 11.7. The molecule has 0 saturated heterocycles. The Balaban J connectivity index is 2.83. The zero-order chi connectivity index (χ0) is 16.1. The van der Waals surface area contributed by atoms with Crippen LogP contribution in [0.5, 0.6) is 5.75 Å². The Bertz CT molecular complexity index is 705. The van der Waals surface area contributed by atoms with Crippen molar-refractivity contribution in [2.24, 2.45) is 0 Å². The summed E-state index contributed by atoms with van der Waals surface area (Å²) < 4.78 is 62.2. The summed E-state index contributed by atoms with van der Waals surface area (Å²) in [4.78, 5) is 11.5. The van der Waals surface area contributed by atoms with Gasteiger partial charge < -0.3 is 8.92 Å². The Morgan fingerprint density at radius 1 is 1.14 bits per heavy atom. The third-order valence-electron chi connectivity index (χ3n) is 2.31. The number of hydrogen-bond donors (Lipinski definition) is 1. The fraction of sp³-hybridized carbons (Fsp3) is 0.364. The van der Waals surface area contributed by atoms with Crippen LogP contribution in [0.4, 0.5) is 0 Å². The second-order valence-corrected chi connectivity index (χ2v) is 7.23. The predicted octanol–water partition coefficient (Wildman–Crippen LogP) is 0.460. The van der Waals surface area contributed by atoms with Gasteiger partial charge in [-0.05, 0) is 18.6 Å². The highest BCUT2D eigenvalue weighted by Gasteiger charge is 2.19. The van der Waals surface area contributed by atoms with Gasteiger partial charge in [0.15, 0.2) is 5.75 Å².